The molecule has 0 amide bonds. The van der Waals surface area contributed by atoms with Gasteiger partial charge >= 0.3 is 0 Å². The fourth-order valence-electron chi connectivity index (χ4n) is 3.83. The largest absolute Gasteiger partial charge is 0.380 e. The molecule has 0 bridgehead atoms. The maximum atomic E-state index is 12.5. The first-order chi connectivity index (χ1) is 11.8. The Morgan fingerprint density at radius 2 is 1.96 bits per heavy atom. The highest BCUT2D eigenvalue weighted by molar-refractivity contribution is 5.25. The summed E-state index contributed by atoms with van der Waals surface area (Å²) >= 11 is 0. The van der Waals surface area contributed by atoms with Crippen LogP contribution in [0, 0.1) is 0 Å². The van der Waals surface area contributed by atoms with E-state index in [1.807, 2.05) is 22.8 Å². The summed E-state index contributed by atoms with van der Waals surface area (Å²) in [4.78, 5) is 19.1. The third-order valence-corrected chi connectivity index (χ3v) is 5.21. The molecule has 2 aliphatic heterocycles. The fraction of sp³-hybridized carbons (Fsp3) is 0.474. The van der Waals surface area contributed by atoms with Crippen molar-refractivity contribution in [2.24, 2.45) is 0 Å². The fourth-order valence-corrected chi connectivity index (χ4v) is 3.83. The lowest BCUT2D eigenvalue weighted by Gasteiger charge is -2.25. The molecule has 5 heteroatoms. The summed E-state index contributed by atoms with van der Waals surface area (Å²) in [6.07, 6.45) is 6.61. The summed E-state index contributed by atoms with van der Waals surface area (Å²) in [5.41, 5.74) is 3.71. The zero-order valence-corrected chi connectivity index (χ0v) is 13.9. The van der Waals surface area contributed by atoms with Crippen LogP contribution in [0.4, 0.5) is 0 Å². The molecule has 0 aromatic carbocycles. The number of hydrogen-bond donors (Lipinski definition) is 0. The molecule has 1 saturated heterocycles. The van der Waals surface area contributed by atoms with E-state index in [4.69, 9.17) is 4.74 Å². The Kier molecular flexibility index (Phi) is 4.45. The predicted octanol–water partition coefficient (Wildman–Crippen LogP) is 1.48. The second-order valence-electron chi connectivity index (χ2n) is 6.64. The van der Waals surface area contributed by atoms with Crippen molar-refractivity contribution in [1.29, 1.82) is 0 Å². The molecule has 5 nitrogen and oxygen atoms in total. The minimum absolute atomic E-state index is 0.0863. The van der Waals surface area contributed by atoms with E-state index in [1.165, 1.54) is 11.3 Å². The van der Waals surface area contributed by atoms with Crippen LogP contribution in [0.1, 0.15) is 23.2 Å². The third-order valence-electron chi connectivity index (χ3n) is 5.21. The molecule has 0 saturated carbocycles. The molecule has 2 aromatic rings. The van der Waals surface area contributed by atoms with Crippen LogP contribution < -0.4 is 5.56 Å². The zero-order chi connectivity index (χ0) is 16.4. The summed E-state index contributed by atoms with van der Waals surface area (Å²) < 4.78 is 7.49. The zero-order valence-electron chi connectivity index (χ0n) is 13.9. The maximum Gasteiger partial charge on any atom is 0.251 e. The van der Waals surface area contributed by atoms with E-state index in [9.17, 15) is 4.79 Å². The van der Waals surface area contributed by atoms with Crippen LogP contribution in [0.15, 0.2) is 41.5 Å². The molecular weight excluding hydrogens is 302 g/mol. The van der Waals surface area contributed by atoms with E-state index in [1.54, 1.807) is 18.5 Å². The minimum Gasteiger partial charge on any atom is -0.380 e. The third kappa shape index (κ3) is 3.14. The number of fused-ring (bicyclic) bond motifs is 1. The van der Waals surface area contributed by atoms with Crippen molar-refractivity contribution in [2.45, 2.75) is 31.8 Å². The molecule has 2 aliphatic rings. The van der Waals surface area contributed by atoms with Gasteiger partial charge in [0.1, 0.15) is 0 Å². The van der Waals surface area contributed by atoms with Crippen LogP contribution in [0.2, 0.25) is 0 Å². The second kappa shape index (κ2) is 6.87. The number of rotatable bonds is 3. The van der Waals surface area contributed by atoms with Crippen molar-refractivity contribution in [3.05, 3.63) is 63.8 Å². The van der Waals surface area contributed by atoms with Crippen LogP contribution >= 0.6 is 0 Å². The van der Waals surface area contributed by atoms with E-state index >= 15 is 0 Å². The number of hydrogen-bond acceptors (Lipinski definition) is 4. The Hall–Kier alpha value is -1.98. The number of nitrogens with zero attached hydrogens (tertiary/aromatic N) is 3. The van der Waals surface area contributed by atoms with Gasteiger partial charge in [0.15, 0.2) is 0 Å². The molecule has 0 radical (unpaired) electrons. The van der Waals surface area contributed by atoms with Crippen molar-refractivity contribution >= 4 is 0 Å². The molecule has 24 heavy (non-hydrogen) atoms. The van der Waals surface area contributed by atoms with Gasteiger partial charge in [0.25, 0.3) is 5.56 Å². The van der Waals surface area contributed by atoms with Gasteiger partial charge in [-0.25, -0.2) is 0 Å². The molecule has 0 spiro atoms. The quantitative estimate of drug-likeness (QED) is 0.858. The number of pyridine rings is 2. The van der Waals surface area contributed by atoms with Crippen LogP contribution in [0.5, 0.6) is 0 Å². The van der Waals surface area contributed by atoms with E-state index in [0.717, 1.165) is 51.1 Å². The van der Waals surface area contributed by atoms with Gasteiger partial charge < -0.3 is 9.30 Å². The van der Waals surface area contributed by atoms with Crippen molar-refractivity contribution in [3.8, 4) is 0 Å². The lowest BCUT2D eigenvalue weighted by Crippen LogP contribution is -2.37. The highest BCUT2D eigenvalue weighted by Crippen LogP contribution is 2.20. The lowest BCUT2D eigenvalue weighted by molar-refractivity contribution is 0.146. The average molecular weight is 325 g/mol. The summed E-state index contributed by atoms with van der Waals surface area (Å²) in [7, 11) is 0. The van der Waals surface area contributed by atoms with E-state index < -0.39 is 0 Å². The number of ether oxygens (including phenoxy) is 1. The highest BCUT2D eigenvalue weighted by Gasteiger charge is 2.26. The Labute approximate surface area is 141 Å². The Bertz CT molecular complexity index is 751. The Morgan fingerprint density at radius 3 is 2.75 bits per heavy atom. The van der Waals surface area contributed by atoms with Crippen molar-refractivity contribution < 1.29 is 4.74 Å². The maximum absolute atomic E-state index is 12.5. The smallest absolute Gasteiger partial charge is 0.251 e. The summed E-state index contributed by atoms with van der Waals surface area (Å²) in [5, 5.41) is 0. The van der Waals surface area contributed by atoms with Gasteiger partial charge in [-0.3, -0.25) is 14.7 Å². The predicted molar refractivity (Wildman–Crippen MR) is 92.2 cm³/mol. The summed E-state index contributed by atoms with van der Waals surface area (Å²) in [6, 6.07) is 8.23. The van der Waals surface area contributed by atoms with Gasteiger partial charge in [-0.15, -0.1) is 0 Å². The van der Waals surface area contributed by atoms with Crippen LogP contribution in [0.3, 0.4) is 0 Å². The molecule has 4 heterocycles. The molecule has 1 fully saturated rings. The molecule has 0 N–H and O–H groups in total. The molecule has 0 unspecified atom stereocenters. The normalized spacial score (nSPS) is 21.4. The monoisotopic (exact) mass is 325 g/mol. The second-order valence-corrected chi connectivity index (χ2v) is 6.64. The Morgan fingerprint density at radius 1 is 1.12 bits per heavy atom. The molecule has 4 rings (SSSR count). The van der Waals surface area contributed by atoms with Gasteiger partial charge in [-0.1, -0.05) is 6.07 Å². The van der Waals surface area contributed by atoms with Gasteiger partial charge in [0.2, 0.25) is 0 Å². The summed E-state index contributed by atoms with van der Waals surface area (Å²) in [6.45, 7) is 4.40. The summed E-state index contributed by atoms with van der Waals surface area (Å²) in [5.74, 6) is 0. The van der Waals surface area contributed by atoms with Crippen LogP contribution in [-0.2, 0) is 24.1 Å². The van der Waals surface area contributed by atoms with Gasteiger partial charge in [0.05, 0.1) is 13.2 Å². The van der Waals surface area contributed by atoms with Crippen molar-refractivity contribution in [3.63, 3.8) is 0 Å². The highest BCUT2D eigenvalue weighted by atomic mass is 16.5. The van der Waals surface area contributed by atoms with Crippen molar-refractivity contribution in [1.82, 2.24) is 14.5 Å². The first-order valence-electron chi connectivity index (χ1n) is 8.73. The molecule has 0 aliphatic carbocycles. The number of aromatic nitrogens is 2. The standard InChI is InChI=1S/C19H23N3O2/c23-19-2-1-16-5-10-21(17-7-12-24-14-17)11-6-18(16)22(19)13-15-3-8-20-9-4-15/h1-4,8-9,17H,5-7,10-14H2/t17-/m0/s1. The molecular formula is C19H23N3O2. The van der Waals surface area contributed by atoms with E-state index in [2.05, 4.69) is 9.88 Å². The Balaban J connectivity index is 1.60. The lowest BCUT2D eigenvalue weighted by atomic mass is 10.1. The first kappa shape index (κ1) is 15.5. The van der Waals surface area contributed by atoms with Gasteiger partial charge in [-0.05, 0) is 36.1 Å². The van der Waals surface area contributed by atoms with Gasteiger partial charge in [-0.2, -0.15) is 0 Å². The SMILES string of the molecule is O=c1ccc2c(n1Cc1ccncc1)CCN([C@H]1CCOC1)CC2. The van der Waals surface area contributed by atoms with E-state index in [-0.39, 0.29) is 5.56 Å². The molecule has 1 atom stereocenters. The van der Waals surface area contributed by atoms with Crippen LogP contribution in [0.25, 0.3) is 0 Å². The van der Waals surface area contributed by atoms with E-state index in [0.29, 0.717) is 12.6 Å². The molecule has 2 aromatic heterocycles. The van der Waals surface area contributed by atoms with Gasteiger partial charge in [0, 0.05) is 56.3 Å². The minimum atomic E-state index is 0.0863. The molecule has 126 valence electrons. The first-order valence-corrected chi connectivity index (χ1v) is 8.73. The average Bonchev–Trinajstić information content (AvgIpc) is 3.06. The van der Waals surface area contributed by atoms with Crippen molar-refractivity contribution in [2.75, 3.05) is 26.3 Å². The topological polar surface area (TPSA) is 47.4 Å². The van der Waals surface area contributed by atoms with Crippen LogP contribution in [-0.4, -0.2) is 46.8 Å².